The molecule has 1 atom stereocenters. The first-order chi connectivity index (χ1) is 6.18. The number of hydrogen-bond donors (Lipinski definition) is 0. The number of ether oxygens (including phenoxy) is 1. The van der Waals surface area contributed by atoms with E-state index in [1.807, 2.05) is 6.92 Å². The second kappa shape index (κ2) is 3.73. The molecule has 0 aromatic heterocycles. The summed E-state index contributed by atoms with van der Waals surface area (Å²) in [6.07, 6.45) is 3.72. The first kappa shape index (κ1) is 9.96. The SMILES string of the molecule is CCC1=COC(C=O)(CC)C(=O)C1. The first-order valence-corrected chi connectivity index (χ1v) is 4.54. The highest BCUT2D eigenvalue weighted by Gasteiger charge is 2.40. The van der Waals surface area contributed by atoms with E-state index in [4.69, 9.17) is 4.74 Å². The Labute approximate surface area is 77.8 Å². The maximum Gasteiger partial charge on any atom is 0.220 e. The molecule has 0 aromatic carbocycles. The number of rotatable bonds is 3. The number of carbonyl (C=O) groups is 2. The third-order valence-corrected chi connectivity index (χ3v) is 2.47. The van der Waals surface area contributed by atoms with E-state index in [1.165, 1.54) is 0 Å². The molecular formula is C10H14O3. The normalized spacial score (nSPS) is 27.8. The number of Topliss-reactive ketones (excluding diaryl/α,β-unsaturated/α-hetero) is 1. The zero-order valence-corrected chi connectivity index (χ0v) is 8.00. The van der Waals surface area contributed by atoms with Crippen LogP contribution in [0.25, 0.3) is 0 Å². The Balaban J connectivity index is 2.88. The Bertz CT molecular complexity index is 255. The van der Waals surface area contributed by atoms with Crippen LogP contribution >= 0.6 is 0 Å². The lowest BCUT2D eigenvalue weighted by atomic mass is 9.89. The van der Waals surface area contributed by atoms with Crippen LogP contribution in [0.1, 0.15) is 33.1 Å². The first-order valence-electron chi connectivity index (χ1n) is 4.54. The topological polar surface area (TPSA) is 43.4 Å². The van der Waals surface area contributed by atoms with Crippen molar-refractivity contribution in [3.63, 3.8) is 0 Å². The second-order valence-corrected chi connectivity index (χ2v) is 3.21. The largest absolute Gasteiger partial charge is 0.480 e. The molecule has 1 aliphatic rings. The van der Waals surface area contributed by atoms with Crippen molar-refractivity contribution < 1.29 is 14.3 Å². The third-order valence-electron chi connectivity index (χ3n) is 2.47. The van der Waals surface area contributed by atoms with Gasteiger partial charge in [0.1, 0.15) is 0 Å². The van der Waals surface area contributed by atoms with Gasteiger partial charge in [0.2, 0.25) is 5.60 Å². The van der Waals surface area contributed by atoms with Crippen molar-refractivity contribution >= 4 is 12.1 Å². The summed E-state index contributed by atoms with van der Waals surface area (Å²) in [4.78, 5) is 22.3. The maximum atomic E-state index is 11.6. The molecule has 0 radical (unpaired) electrons. The molecule has 0 saturated carbocycles. The minimum atomic E-state index is -1.20. The number of hydrogen-bond acceptors (Lipinski definition) is 3. The maximum absolute atomic E-state index is 11.6. The highest BCUT2D eigenvalue weighted by molar-refractivity contribution is 6.03. The predicted octanol–water partition coefficient (Wildman–Crippen LogP) is 1.62. The summed E-state index contributed by atoms with van der Waals surface area (Å²) in [6, 6.07) is 0. The lowest BCUT2D eigenvalue weighted by Crippen LogP contribution is -2.43. The van der Waals surface area contributed by atoms with Crippen LogP contribution < -0.4 is 0 Å². The summed E-state index contributed by atoms with van der Waals surface area (Å²) < 4.78 is 5.20. The summed E-state index contributed by atoms with van der Waals surface area (Å²) >= 11 is 0. The summed E-state index contributed by atoms with van der Waals surface area (Å²) in [6.45, 7) is 3.74. The van der Waals surface area contributed by atoms with E-state index >= 15 is 0 Å². The van der Waals surface area contributed by atoms with Crippen LogP contribution in [0.5, 0.6) is 0 Å². The van der Waals surface area contributed by atoms with E-state index < -0.39 is 5.60 Å². The van der Waals surface area contributed by atoms with Crippen LogP contribution in [0, 0.1) is 0 Å². The van der Waals surface area contributed by atoms with Crippen molar-refractivity contribution in [1.82, 2.24) is 0 Å². The molecule has 0 aromatic rings. The van der Waals surface area contributed by atoms with Crippen molar-refractivity contribution in [2.45, 2.75) is 38.7 Å². The summed E-state index contributed by atoms with van der Waals surface area (Å²) in [5.41, 5.74) is -0.241. The molecular weight excluding hydrogens is 168 g/mol. The Hall–Kier alpha value is -1.12. The Morgan fingerprint density at radius 2 is 2.31 bits per heavy atom. The molecule has 1 aliphatic heterocycles. The Morgan fingerprint density at radius 1 is 1.62 bits per heavy atom. The van der Waals surface area contributed by atoms with Crippen LogP contribution in [-0.2, 0) is 14.3 Å². The molecule has 0 saturated heterocycles. The van der Waals surface area contributed by atoms with Crippen LogP contribution in [0.4, 0.5) is 0 Å². The minimum absolute atomic E-state index is 0.121. The van der Waals surface area contributed by atoms with E-state index in [0.717, 1.165) is 12.0 Å². The fourth-order valence-corrected chi connectivity index (χ4v) is 1.32. The van der Waals surface area contributed by atoms with Crippen molar-refractivity contribution in [2.24, 2.45) is 0 Å². The molecule has 72 valence electrons. The second-order valence-electron chi connectivity index (χ2n) is 3.21. The lowest BCUT2D eigenvalue weighted by molar-refractivity contribution is -0.146. The van der Waals surface area contributed by atoms with Gasteiger partial charge in [0.25, 0.3) is 0 Å². The van der Waals surface area contributed by atoms with Crippen molar-refractivity contribution in [1.29, 1.82) is 0 Å². The van der Waals surface area contributed by atoms with Gasteiger partial charge in [0.15, 0.2) is 12.1 Å². The minimum Gasteiger partial charge on any atom is -0.480 e. The molecule has 1 rings (SSSR count). The van der Waals surface area contributed by atoms with E-state index in [0.29, 0.717) is 19.1 Å². The lowest BCUT2D eigenvalue weighted by Gasteiger charge is -2.29. The zero-order chi connectivity index (χ0) is 9.90. The Morgan fingerprint density at radius 3 is 2.69 bits per heavy atom. The highest BCUT2D eigenvalue weighted by Crippen LogP contribution is 2.26. The van der Waals surface area contributed by atoms with Gasteiger partial charge in [-0.1, -0.05) is 13.8 Å². The zero-order valence-electron chi connectivity index (χ0n) is 8.00. The van der Waals surface area contributed by atoms with Gasteiger partial charge < -0.3 is 4.74 Å². The fraction of sp³-hybridized carbons (Fsp3) is 0.600. The predicted molar refractivity (Wildman–Crippen MR) is 48.2 cm³/mol. The third kappa shape index (κ3) is 1.64. The smallest absolute Gasteiger partial charge is 0.220 e. The van der Waals surface area contributed by atoms with Gasteiger partial charge >= 0.3 is 0 Å². The number of carbonyl (C=O) groups excluding carboxylic acids is 2. The average molecular weight is 182 g/mol. The van der Waals surface area contributed by atoms with Gasteiger partial charge in [0.05, 0.1) is 6.26 Å². The summed E-state index contributed by atoms with van der Waals surface area (Å²) in [5, 5.41) is 0. The van der Waals surface area contributed by atoms with Crippen LogP contribution in [0.15, 0.2) is 11.8 Å². The van der Waals surface area contributed by atoms with E-state index in [9.17, 15) is 9.59 Å². The molecule has 0 amide bonds. The molecule has 3 nitrogen and oxygen atoms in total. The van der Waals surface area contributed by atoms with Crippen LogP contribution in [-0.4, -0.2) is 17.7 Å². The van der Waals surface area contributed by atoms with Crippen LogP contribution in [0.2, 0.25) is 0 Å². The molecule has 0 aliphatic carbocycles. The number of allylic oxidation sites excluding steroid dienone is 1. The molecule has 13 heavy (non-hydrogen) atoms. The molecule has 0 fully saturated rings. The fourth-order valence-electron chi connectivity index (χ4n) is 1.32. The number of aldehydes is 1. The van der Waals surface area contributed by atoms with Crippen molar-refractivity contribution in [2.75, 3.05) is 0 Å². The molecule has 0 N–H and O–H groups in total. The van der Waals surface area contributed by atoms with Crippen molar-refractivity contribution in [3.8, 4) is 0 Å². The summed E-state index contributed by atoms with van der Waals surface area (Å²) in [5.74, 6) is -0.121. The van der Waals surface area contributed by atoms with Gasteiger partial charge in [0, 0.05) is 6.42 Å². The van der Waals surface area contributed by atoms with Crippen molar-refractivity contribution in [3.05, 3.63) is 11.8 Å². The monoisotopic (exact) mass is 182 g/mol. The molecule has 3 heteroatoms. The molecule has 1 unspecified atom stereocenters. The van der Waals surface area contributed by atoms with E-state index in [2.05, 4.69) is 0 Å². The van der Waals surface area contributed by atoms with E-state index in [1.54, 1.807) is 13.2 Å². The quantitative estimate of drug-likeness (QED) is 0.492. The number of ketones is 1. The highest BCUT2D eigenvalue weighted by atomic mass is 16.5. The molecule has 1 heterocycles. The molecule has 0 spiro atoms. The Kier molecular flexibility index (Phi) is 2.86. The van der Waals surface area contributed by atoms with Crippen LogP contribution in [0.3, 0.4) is 0 Å². The standard InChI is InChI=1S/C10H14O3/c1-3-8-5-9(12)10(4-2,7-11)13-6-8/h6-7H,3-5H2,1-2H3. The van der Waals surface area contributed by atoms with E-state index in [-0.39, 0.29) is 5.78 Å². The average Bonchev–Trinajstić information content (AvgIpc) is 2.18. The van der Waals surface area contributed by atoms with Gasteiger partial charge in [-0.25, -0.2) is 0 Å². The van der Waals surface area contributed by atoms with Gasteiger partial charge in [-0.3, -0.25) is 9.59 Å². The van der Waals surface area contributed by atoms with Gasteiger partial charge in [-0.15, -0.1) is 0 Å². The molecule has 0 bridgehead atoms. The van der Waals surface area contributed by atoms with Gasteiger partial charge in [-0.2, -0.15) is 0 Å². The van der Waals surface area contributed by atoms with Gasteiger partial charge in [-0.05, 0) is 18.4 Å². The summed E-state index contributed by atoms with van der Waals surface area (Å²) in [7, 11) is 0.